The van der Waals surface area contributed by atoms with Crippen LogP contribution in [-0.4, -0.2) is 74.7 Å². The molecule has 12 heteroatoms. The largest absolute Gasteiger partial charge is 0.493 e. The molecule has 0 fully saturated rings. The lowest BCUT2D eigenvalue weighted by Gasteiger charge is -2.18. The third-order valence-corrected chi connectivity index (χ3v) is 8.21. The van der Waals surface area contributed by atoms with E-state index in [0.29, 0.717) is 40.2 Å². The van der Waals surface area contributed by atoms with Crippen LogP contribution in [0.5, 0.6) is 40.2 Å². The lowest BCUT2D eigenvalue weighted by molar-refractivity contribution is -0.121. The van der Waals surface area contributed by atoms with Crippen LogP contribution in [0.1, 0.15) is 34.5 Å². The maximum atomic E-state index is 12.9. The van der Waals surface area contributed by atoms with Gasteiger partial charge in [0.25, 0.3) is 0 Å². The molecule has 0 heterocycles. The predicted molar refractivity (Wildman–Crippen MR) is 192 cm³/mol. The minimum atomic E-state index is -0.385. The fourth-order valence-corrected chi connectivity index (χ4v) is 5.40. The molecule has 2 N–H and O–H groups in total. The van der Waals surface area contributed by atoms with Gasteiger partial charge in [0, 0.05) is 27.3 Å². The molecule has 0 spiro atoms. The maximum Gasteiger partial charge on any atom is 0.224 e. The molecule has 0 bridgehead atoms. The summed E-state index contributed by atoms with van der Waals surface area (Å²) in [5.41, 5.74) is 3.23. The summed E-state index contributed by atoms with van der Waals surface area (Å²) in [6.07, 6.45) is -0.462. The third kappa shape index (κ3) is 10.5. The van der Waals surface area contributed by atoms with Crippen molar-refractivity contribution in [2.24, 2.45) is 0 Å². The summed E-state index contributed by atoms with van der Waals surface area (Å²) < 4.78 is 44.3. The molecule has 0 aliphatic heterocycles. The summed E-state index contributed by atoms with van der Waals surface area (Å²) in [6.45, 7) is 0.546. The highest BCUT2D eigenvalue weighted by molar-refractivity contribution is 5.79. The van der Waals surface area contributed by atoms with E-state index >= 15 is 0 Å². The number of ether oxygens (including phenoxy) is 8. The number of carbonyl (C=O) groups excluding carboxylic acids is 2. The number of carbonyl (C=O) groups is 2. The van der Waals surface area contributed by atoms with Crippen molar-refractivity contribution in [3.63, 3.8) is 0 Å². The number of hydrogen-bond donors (Lipinski definition) is 2. The Labute approximate surface area is 298 Å². The summed E-state index contributed by atoms with van der Waals surface area (Å²) in [6, 6.07) is 23.6. The van der Waals surface area contributed by atoms with Crippen LogP contribution in [0.4, 0.5) is 0 Å². The van der Waals surface area contributed by atoms with E-state index in [2.05, 4.69) is 10.6 Å². The number of methoxy groups -OCH3 is 7. The predicted octanol–water partition coefficient (Wildman–Crippen LogP) is 5.61. The summed E-state index contributed by atoms with van der Waals surface area (Å²) in [7, 11) is 11.0. The van der Waals surface area contributed by atoms with Crippen LogP contribution >= 0.6 is 0 Å². The minimum Gasteiger partial charge on any atom is -0.493 e. The third-order valence-electron chi connectivity index (χ3n) is 8.21. The second-order valence-corrected chi connectivity index (χ2v) is 11.4. The van der Waals surface area contributed by atoms with Gasteiger partial charge in [-0.05, 0) is 70.8 Å². The van der Waals surface area contributed by atoms with Gasteiger partial charge in [0.05, 0.1) is 60.6 Å². The van der Waals surface area contributed by atoms with E-state index in [1.807, 2.05) is 42.5 Å². The highest BCUT2D eigenvalue weighted by Crippen LogP contribution is 2.34. The molecule has 0 aliphatic rings. The monoisotopic (exact) mass is 702 g/mol. The number of amides is 2. The van der Waals surface area contributed by atoms with Crippen molar-refractivity contribution in [1.82, 2.24) is 10.6 Å². The zero-order chi connectivity index (χ0) is 36.8. The Morgan fingerprint density at radius 1 is 0.490 bits per heavy atom. The van der Waals surface area contributed by atoms with Crippen molar-refractivity contribution in [3.05, 3.63) is 101 Å². The molecular weight excluding hydrogens is 656 g/mol. The van der Waals surface area contributed by atoms with E-state index < -0.39 is 0 Å². The topological polar surface area (TPSA) is 132 Å². The normalized spacial score (nSPS) is 11.9. The number of rotatable bonds is 19. The Bertz CT molecular complexity index is 1740. The smallest absolute Gasteiger partial charge is 0.224 e. The molecule has 0 aliphatic carbocycles. The summed E-state index contributed by atoms with van der Waals surface area (Å²) in [5.74, 6) is 3.56. The molecular formula is C39H46N2O10. The molecule has 0 radical (unpaired) electrons. The molecule has 2 atom stereocenters. The standard InChI is InChI=1S/C39H46N2O10/c1-44-30-16-11-27(21-33(30)47-4)36(49-6)23-40-38(42)19-25-8-13-29(14-9-25)51-35-18-26(10-15-32(35)46-3)20-39(43)41-24-37(50-7)28-12-17-31(45-2)34(22-28)48-5/h8-18,21-22,36-37H,19-20,23-24H2,1-7H3,(H,40,42)(H,41,43)/t36-,37-/m0/s1. The van der Waals surface area contributed by atoms with Gasteiger partial charge < -0.3 is 48.5 Å². The van der Waals surface area contributed by atoms with Crippen LogP contribution in [0.25, 0.3) is 0 Å². The van der Waals surface area contributed by atoms with Gasteiger partial charge in [-0.3, -0.25) is 9.59 Å². The van der Waals surface area contributed by atoms with Crippen LogP contribution in [0.2, 0.25) is 0 Å². The Hall–Kier alpha value is -5.46. The van der Waals surface area contributed by atoms with E-state index in [9.17, 15) is 9.59 Å². The first-order valence-corrected chi connectivity index (χ1v) is 16.2. The van der Waals surface area contributed by atoms with Crippen LogP contribution in [0, 0.1) is 0 Å². The first-order valence-electron chi connectivity index (χ1n) is 16.2. The molecule has 4 aromatic carbocycles. The second-order valence-electron chi connectivity index (χ2n) is 11.4. The van der Waals surface area contributed by atoms with E-state index in [0.717, 1.165) is 22.3 Å². The molecule has 0 saturated heterocycles. The van der Waals surface area contributed by atoms with Crippen molar-refractivity contribution < 1.29 is 47.5 Å². The van der Waals surface area contributed by atoms with Gasteiger partial charge in [-0.25, -0.2) is 0 Å². The molecule has 4 rings (SSSR count). The van der Waals surface area contributed by atoms with Gasteiger partial charge in [0.15, 0.2) is 34.5 Å². The molecule has 4 aromatic rings. The van der Waals surface area contributed by atoms with Crippen molar-refractivity contribution >= 4 is 11.8 Å². The molecule has 51 heavy (non-hydrogen) atoms. The lowest BCUT2D eigenvalue weighted by Crippen LogP contribution is -2.30. The highest BCUT2D eigenvalue weighted by Gasteiger charge is 2.18. The number of nitrogens with one attached hydrogen (secondary N) is 2. The van der Waals surface area contributed by atoms with Gasteiger partial charge in [0.2, 0.25) is 11.8 Å². The second kappa shape index (κ2) is 19.1. The Balaban J connectivity index is 1.31. The van der Waals surface area contributed by atoms with Gasteiger partial charge in [-0.1, -0.05) is 30.3 Å². The molecule has 272 valence electrons. The maximum absolute atomic E-state index is 12.9. The fourth-order valence-electron chi connectivity index (χ4n) is 5.40. The van der Waals surface area contributed by atoms with E-state index in [1.54, 1.807) is 86.2 Å². The van der Waals surface area contributed by atoms with Crippen LogP contribution in [0.15, 0.2) is 78.9 Å². The van der Waals surface area contributed by atoms with Crippen molar-refractivity contribution in [3.8, 4) is 40.2 Å². The van der Waals surface area contributed by atoms with Gasteiger partial charge in [0.1, 0.15) is 5.75 Å². The average Bonchev–Trinajstić information content (AvgIpc) is 3.15. The van der Waals surface area contributed by atoms with E-state index in [-0.39, 0.29) is 50.0 Å². The number of benzene rings is 4. The highest BCUT2D eigenvalue weighted by atomic mass is 16.5. The Kier molecular flexibility index (Phi) is 14.3. The van der Waals surface area contributed by atoms with Crippen LogP contribution in [0.3, 0.4) is 0 Å². The number of hydrogen-bond acceptors (Lipinski definition) is 10. The molecule has 12 nitrogen and oxygen atoms in total. The average molecular weight is 703 g/mol. The Morgan fingerprint density at radius 2 is 0.902 bits per heavy atom. The van der Waals surface area contributed by atoms with Gasteiger partial charge in [-0.15, -0.1) is 0 Å². The SMILES string of the molecule is COc1ccc([C@H](CNC(=O)Cc2ccc(Oc3cc(CC(=O)NC[C@H](OC)c4ccc(OC)c(OC)c4)ccc3OC)cc2)OC)cc1OC. The summed E-state index contributed by atoms with van der Waals surface area (Å²) in [5, 5.41) is 5.88. The molecule has 0 saturated carbocycles. The summed E-state index contributed by atoms with van der Waals surface area (Å²) >= 11 is 0. The zero-order valence-corrected chi connectivity index (χ0v) is 30.1. The van der Waals surface area contributed by atoms with E-state index in [1.165, 1.54) is 0 Å². The first kappa shape index (κ1) is 38.3. The van der Waals surface area contributed by atoms with Gasteiger partial charge >= 0.3 is 0 Å². The first-order chi connectivity index (χ1) is 24.7. The molecule has 2 amide bonds. The summed E-state index contributed by atoms with van der Waals surface area (Å²) in [4.78, 5) is 25.7. The Morgan fingerprint density at radius 3 is 1.35 bits per heavy atom. The quantitative estimate of drug-likeness (QED) is 0.127. The van der Waals surface area contributed by atoms with Gasteiger partial charge in [-0.2, -0.15) is 0 Å². The van der Waals surface area contributed by atoms with Crippen LogP contribution < -0.4 is 39.1 Å². The van der Waals surface area contributed by atoms with Crippen molar-refractivity contribution in [1.29, 1.82) is 0 Å². The van der Waals surface area contributed by atoms with Crippen LogP contribution in [-0.2, 0) is 31.9 Å². The molecule has 0 aromatic heterocycles. The van der Waals surface area contributed by atoms with E-state index in [4.69, 9.17) is 37.9 Å². The fraction of sp³-hybridized carbons (Fsp3) is 0.333. The lowest BCUT2D eigenvalue weighted by atomic mass is 10.1. The van der Waals surface area contributed by atoms with Crippen molar-refractivity contribution in [2.45, 2.75) is 25.0 Å². The minimum absolute atomic E-state index is 0.118. The van der Waals surface area contributed by atoms with Crippen molar-refractivity contribution in [2.75, 3.05) is 62.9 Å². The molecule has 0 unspecified atom stereocenters. The zero-order valence-electron chi connectivity index (χ0n) is 30.1.